The summed E-state index contributed by atoms with van der Waals surface area (Å²) in [5, 5.41) is 8.38. The van der Waals surface area contributed by atoms with E-state index in [4.69, 9.17) is 4.74 Å². The van der Waals surface area contributed by atoms with Crippen LogP contribution in [0.1, 0.15) is 5.82 Å². The van der Waals surface area contributed by atoms with Gasteiger partial charge in [0.1, 0.15) is 0 Å². The average molecular weight is 343 g/mol. The number of carbonyl (C=O) groups excluding carboxylic acids is 1. The maximum atomic E-state index is 11.4. The summed E-state index contributed by atoms with van der Waals surface area (Å²) >= 11 is 0. The highest BCUT2D eigenvalue weighted by Crippen LogP contribution is 2.16. The molecule has 2 heterocycles. The third-order valence-electron chi connectivity index (χ3n) is 3.63. The van der Waals surface area contributed by atoms with E-state index in [-0.39, 0.29) is 12.6 Å². The second-order valence-electron chi connectivity index (χ2n) is 5.40. The fourth-order valence-corrected chi connectivity index (χ4v) is 2.35. The van der Waals surface area contributed by atoms with Gasteiger partial charge in [-0.2, -0.15) is 15.0 Å². The molecule has 0 aliphatic carbocycles. The topological polar surface area (TPSA) is 104 Å². The van der Waals surface area contributed by atoms with Crippen molar-refractivity contribution in [1.29, 1.82) is 0 Å². The van der Waals surface area contributed by atoms with Gasteiger partial charge >= 0.3 is 6.03 Å². The number of nitrogens with zero attached hydrogens (tertiary/aromatic N) is 4. The first-order valence-electron chi connectivity index (χ1n) is 8.10. The average Bonchev–Trinajstić information content (AvgIpc) is 2.67. The molecule has 3 N–H and O–H groups in total. The van der Waals surface area contributed by atoms with E-state index < -0.39 is 0 Å². The van der Waals surface area contributed by atoms with Crippen molar-refractivity contribution in [2.24, 2.45) is 0 Å². The second kappa shape index (κ2) is 8.25. The number of amides is 2. The maximum Gasteiger partial charge on any atom is 0.314 e. The zero-order valence-electron chi connectivity index (χ0n) is 14.0. The lowest BCUT2D eigenvalue weighted by Gasteiger charge is -2.27. The number of anilines is 3. The fraction of sp³-hybridized carbons (Fsp3) is 0.375. The van der Waals surface area contributed by atoms with Gasteiger partial charge in [-0.05, 0) is 12.1 Å². The van der Waals surface area contributed by atoms with Gasteiger partial charge in [-0.25, -0.2) is 4.79 Å². The van der Waals surface area contributed by atoms with Crippen LogP contribution in [0.25, 0.3) is 0 Å². The largest absolute Gasteiger partial charge is 0.378 e. The molecule has 9 heteroatoms. The van der Waals surface area contributed by atoms with Crippen molar-refractivity contribution in [2.45, 2.75) is 6.54 Å². The normalized spacial score (nSPS) is 14.0. The molecule has 2 aromatic rings. The van der Waals surface area contributed by atoms with E-state index in [1.807, 2.05) is 35.2 Å². The highest BCUT2D eigenvalue weighted by molar-refractivity contribution is 5.73. The van der Waals surface area contributed by atoms with E-state index >= 15 is 0 Å². The molecule has 0 saturated carbocycles. The van der Waals surface area contributed by atoms with Crippen LogP contribution in [0.2, 0.25) is 0 Å². The van der Waals surface area contributed by atoms with Crippen LogP contribution in [0.3, 0.4) is 0 Å². The highest BCUT2D eigenvalue weighted by Gasteiger charge is 2.17. The van der Waals surface area contributed by atoms with Crippen LogP contribution in [0, 0.1) is 0 Å². The Bertz CT molecular complexity index is 705. The zero-order chi connectivity index (χ0) is 17.5. The molecule has 0 radical (unpaired) electrons. The van der Waals surface area contributed by atoms with Gasteiger partial charge in [0.25, 0.3) is 0 Å². The van der Waals surface area contributed by atoms with Gasteiger partial charge in [0.15, 0.2) is 5.82 Å². The minimum atomic E-state index is -0.286. The first-order valence-corrected chi connectivity index (χ1v) is 8.10. The van der Waals surface area contributed by atoms with Crippen molar-refractivity contribution in [3.63, 3.8) is 0 Å². The van der Waals surface area contributed by atoms with Crippen LogP contribution in [0.15, 0.2) is 30.3 Å². The summed E-state index contributed by atoms with van der Waals surface area (Å²) in [6.07, 6.45) is 0. The van der Waals surface area contributed by atoms with Gasteiger partial charge in [0, 0.05) is 25.8 Å². The minimum absolute atomic E-state index is 0.211. The molecular weight excluding hydrogens is 322 g/mol. The third kappa shape index (κ3) is 4.77. The summed E-state index contributed by atoms with van der Waals surface area (Å²) in [7, 11) is 1.56. The van der Waals surface area contributed by atoms with Crippen LogP contribution in [0.5, 0.6) is 0 Å². The summed E-state index contributed by atoms with van der Waals surface area (Å²) in [6, 6.07) is 9.38. The van der Waals surface area contributed by atoms with E-state index in [1.165, 1.54) is 0 Å². The Balaban J connectivity index is 1.83. The number of morpholine rings is 1. The van der Waals surface area contributed by atoms with Gasteiger partial charge < -0.3 is 25.6 Å². The van der Waals surface area contributed by atoms with Gasteiger partial charge in [0.05, 0.1) is 19.8 Å². The van der Waals surface area contributed by atoms with Crippen molar-refractivity contribution in [1.82, 2.24) is 25.6 Å². The zero-order valence-corrected chi connectivity index (χ0v) is 14.0. The molecular formula is C16H21N7O2. The number of para-hydroxylation sites is 1. The summed E-state index contributed by atoms with van der Waals surface area (Å²) in [4.78, 5) is 26.8. The number of aromatic nitrogens is 3. The van der Waals surface area contributed by atoms with Crippen molar-refractivity contribution < 1.29 is 9.53 Å². The Morgan fingerprint density at radius 3 is 2.64 bits per heavy atom. The Hall–Kier alpha value is -2.94. The molecule has 25 heavy (non-hydrogen) atoms. The Morgan fingerprint density at radius 2 is 1.92 bits per heavy atom. The second-order valence-corrected chi connectivity index (χ2v) is 5.40. The number of hydrogen-bond donors (Lipinski definition) is 3. The van der Waals surface area contributed by atoms with E-state index in [9.17, 15) is 4.79 Å². The number of urea groups is 1. The molecule has 0 unspecified atom stereocenters. The SMILES string of the molecule is CNC(=O)NCc1nc(Nc2ccccc2)nc(N2CCOCC2)n1. The number of nitrogens with one attached hydrogen (secondary N) is 3. The lowest BCUT2D eigenvalue weighted by molar-refractivity contribution is 0.122. The molecule has 0 atom stereocenters. The summed E-state index contributed by atoms with van der Waals surface area (Å²) in [6.45, 7) is 2.93. The number of carbonyl (C=O) groups is 1. The Labute approximate surface area is 145 Å². The van der Waals surface area contributed by atoms with Crippen LogP contribution >= 0.6 is 0 Å². The van der Waals surface area contributed by atoms with Crippen LogP contribution < -0.4 is 20.9 Å². The molecule has 1 aliphatic heterocycles. The fourth-order valence-electron chi connectivity index (χ4n) is 2.35. The summed E-state index contributed by atoms with van der Waals surface area (Å²) in [5.41, 5.74) is 0.881. The van der Waals surface area contributed by atoms with E-state index in [1.54, 1.807) is 7.05 Å². The van der Waals surface area contributed by atoms with Gasteiger partial charge in [-0.3, -0.25) is 0 Å². The lowest BCUT2D eigenvalue weighted by Crippen LogP contribution is -2.38. The first kappa shape index (κ1) is 16.9. The monoisotopic (exact) mass is 343 g/mol. The number of ether oxygens (including phenoxy) is 1. The van der Waals surface area contributed by atoms with Crippen molar-refractivity contribution in [3.8, 4) is 0 Å². The quantitative estimate of drug-likeness (QED) is 0.740. The molecule has 2 amide bonds. The van der Waals surface area contributed by atoms with Gasteiger partial charge in [0.2, 0.25) is 11.9 Å². The summed E-state index contributed by atoms with van der Waals surface area (Å²) < 4.78 is 5.38. The highest BCUT2D eigenvalue weighted by atomic mass is 16.5. The molecule has 9 nitrogen and oxygen atoms in total. The molecule has 0 bridgehead atoms. The summed E-state index contributed by atoms with van der Waals surface area (Å²) in [5.74, 6) is 1.50. The molecule has 1 aliphatic rings. The number of rotatable bonds is 5. The molecule has 1 aromatic heterocycles. The number of hydrogen-bond acceptors (Lipinski definition) is 7. The predicted octanol–water partition coefficient (Wildman–Crippen LogP) is 0.881. The van der Waals surface area contributed by atoms with Crippen molar-refractivity contribution in [3.05, 3.63) is 36.2 Å². The number of benzene rings is 1. The molecule has 1 saturated heterocycles. The standard InChI is InChI=1S/C16H21N7O2/c1-17-16(24)18-11-13-20-14(19-12-5-3-2-4-6-12)22-15(21-13)23-7-9-25-10-8-23/h2-6H,7-11H2,1H3,(H2,17,18,24)(H,19,20,21,22). The molecule has 1 fully saturated rings. The molecule has 1 aromatic carbocycles. The van der Waals surface area contributed by atoms with E-state index in [2.05, 4.69) is 30.9 Å². The van der Waals surface area contributed by atoms with Gasteiger partial charge in [-0.15, -0.1) is 0 Å². The van der Waals surface area contributed by atoms with Crippen molar-refractivity contribution in [2.75, 3.05) is 43.6 Å². The smallest absolute Gasteiger partial charge is 0.314 e. The lowest BCUT2D eigenvalue weighted by atomic mass is 10.3. The Kier molecular flexibility index (Phi) is 5.57. The van der Waals surface area contributed by atoms with E-state index in [0.717, 1.165) is 18.8 Å². The Morgan fingerprint density at radius 1 is 1.16 bits per heavy atom. The molecule has 0 spiro atoms. The maximum absolute atomic E-state index is 11.4. The molecule has 132 valence electrons. The van der Waals surface area contributed by atoms with E-state index in [0.29, 0.717) is 30.9 Å². The predicted molar refractivity (Wildman–Crippen MR) is 93.9 cm³/mol. The first-order chi connectivity index (χ1) is 12.2. The molecule has 3 rings (SSSR count). The minimum Gasteiger partial charge on any atom is -0.378 e. The third-order valence-corrected chi connectivity index (χ3v) is 3.63. The van der Waals surface area contributed by atoms with Crippen molar-refractivity contribution >= 4 is 23.6 Å². The van der Waals surface area contributed by atoms with Crippen LogP contribution in [-0.4, -0.2) is 54.3 Å². The van der Waals surface area contributed by atoms with Crippen LogP contribution in [-0.2, 0) is 11.3 Å². The van der Waals surface area contributed by atoms with Gasteiger partial charge in [-0.1, -0.05) is 18.2 Å². The van der Waals surface area contributed by atoms with Crippen LogP contribution in [0.4, 0.5) is 22.4 Å².